The Morgan fingerprint density at radius 2 is 1.60 bits per heavy atom. The van der Waals surface area contributed by atoms with Crippen LogP contribution in [-0.4, -0.2) is 13.2 Å². The van der Waals surface area contributed by atoms with Gasteiger partial charge in [0.15, 0.2) is 0 Å². The lowest BCUT2D eigenvalue weighted by atomic mass is 9.85. The van der Waals surface area contributed by atoms with Gasteiger partial charge in [0.2, 0.25) is 0 Å². The van der Waals surface area contributed by atoms with Crippen LogP contribution < -0.4 is 0 Å². The maximum absolute atomic E-state index is 5.51. The Hall–Kier alpha value is -0.340. The highest BCUT2D eigenvalue weighted by atomic mass is 79.9. The molecule has 1 heterocycles. The first-order valence-electron chi connectivity index (χ1n) is 8.07. The van der Waals surface area contributed by atoms with E-state index in [9.17, 15) is 0 Å². The van der Waals surface area contributed by atoms with E-state index in [0.717, 1.165) is 32.5 Å². The Kier molecular flexibility index (Phi) is 6.10. The molecule has 0 spiro atoms. The Balaban J connectivity index is 2.36. The Morgan fingerprint density at radius 3 is 2.05 bits per heavy atom. The number of hydrogen-bond donors (Lipinski definition) is 0. The topological polar surface area (TPSA) is 9.23 Å². The molecule has 0 bridgehead atoms. The van der Waals surface area contributed by atoms with E-state index in [0.29, 0.717) is 10.7 Å². The molecule has 1 aromatic rings. The largest absolute Gasteiger partial charge is 0.381 e. The van der Waals surface area contributed by atoms with E-state index >= 15 is 0 Å². The van der Waals surface area contributed by atoms with Crippen LogP contribution in [0.2, 0.25) is 0 Å². The lowest BCUT2D eigenvalue weighted by Gasteiger charge is -2.30. The van der Waals surface area contributed by atoms with Crippen LogP contribution in [0.25, 0.3) is 0 Å². The number of alkyl halides is 1. The van der Waals surface area contributed by atoms with E-state index in [2.05, 4.69) is 48.8 Å². The first kappa shape index (κ1) is 16.0. The first-order valence-corrected chi connectivity index (χ1v) is 8.99. The fourth-order valence-electron chi connectivity index (χ4n) is 3.24. The van der Waals surface area contributed by atoms with Crippen molar-refractivity contribution in [2.75, 3.05) is 13.2 Å². The number of benzene rings is 1. The van der Waals surface area contributed by atoms with Gasteiger partial charge in [-0.3, -0.25) is 0 Å². The van der Waals surface area contributed by atoms with E-state index < -0.39 is 0 Å². The highest BCUT2D eigenvalue weighted by Crippen LogP contribution is 2.41. The minimum atomic E-state index is 0.488. The average molecular weight is 339 g/mol. The van der Waals surface area contributed by atoms with Crippen LogP contribution in [-0.2, 0) is 24.0 Å². The van der Waals surface area contributed by atoms with Gasteiger partial charge >= 0.3 is 0 Å². The van der Waals surface area contributed by atoms with Crippen molar-refractivity contribution in [3.63, 3.8) is 0 Å². The van der Waals surface area contributed by atoms with Crippen LogP contribution in [0.3, 0.4) is 0 Å². The van der Waals surface area contributed by atoms with Gasteiger partial charge in [0.25, 0.3) is 0 Å². The molecule has 2 heteroatoms. The maximum Gasteiger partial charge on any atom is 0.0469 e. The first-order chi connectivity index (χ1) is 9.71. The van der Waals surface area contributed by atoms with Crippen LogP contribution in [0.4, 0.5) is 0 Å². The molecule has 1 aromatic carbocycles. The van der Waals surface area contributed by atoms with Gasteiger partial charge in [0.05, 0.1) is 0 Å². The van der Waals surface area contributed by atoms with E-state index in [4.69, 9.17) is 4.74 Å². The fraction of sp³-hybridized carbons (Fsp3) is 0.667. The summed E-state index contributed by atoms with van der Waals surface area (Å²) < 4.78 is 5.51. The third kappa shape index (κ3) is 3.46. The van der Waals surface area contributed by atoms with Gasteiger partial charge in [0, 0.05) is 18.0 Å². The molecule has 0 aliphatic carbocycles. The van der Waals surface area contributed by atoms with Crippen molar-refractivity contribution >= 4 is 15.9 Å². The molecule has 1 nitrogen and oxygen atoms in total. The molecule has 0 amide bonds. The zero-order chi connectivity index (χ0) is 14.5. The van der Waals surface area contributed by atoms with E-state index in [1.165, 1.54) is 29.5 Å². The lowest BCUT2D eigenvalue weighted by Crippen LogP contribution is -2.21. The molecule has 20 heavy (non-hydrogen) atoms. The average Bonchev–Trinajstić information content (AvgIpc) is 2.53. The second-order valence-corrected chi connectivity index (χ2v) is 6.73. The van der Waals surface area contributed by atoms with Crippen LogP contribution >= 0.6 is 15.9 Å². The summed E-state index contributed by atoms with van der Waals surface area (Å²) in [6, 6.07) is 4.84. The maximum atomic E-state index is 5.51. The predicted molar refractivity (Wildman–Crippen MR) is 89.8 cm³/mol. The second kappa shape index (κ2) is 7.61. The third-order valence-electron chi connectivity index (χ3n) is 4.54. The highest BCUT2D eigenvalue weighted by molar-refractivity contribution is 9.09. The molecule has 1 aliphatic rings. The van der Waals surface area contributed by atoms with Gasteiger partial charge in [-0.25, -0.2) is 0 Å². The zero-order valence-electron chi connectivity index (χ0n) is 13.0. The van der Waals surface area contributed by atoms with E-state index in [1.54, 1.807) is 5.56 Å². The molecule has 112 valence electrons. The molecule has 1 unspecified atom stereocenters. The number of ether oxygens (including phenoxy) is 1. The molecular weight excluding hydrogens is 312 g/mol. The van der Waals surface area contributed by atoms with Gasteiger partial charge in [0.1, 0.15) is 0 Å². The number of halogens is 1. The lowest BCUT2D eigenvalue weighted by molar-refractivity contribution is 0.0661. The van der Waals surface area contributed by atoms with Crippen LogP contribution in [0.15, 0.2) is 12.1 Å². The quantitative estimate of drug-likeness (QED) is 0.667. The molecule has 0 saturated carbocycles. The van der Waals surface area contributed by atoms with Gasteiger partial charge in [-0.1, -0.05) is 48.8 Å². The molecule has 1 fully saturated rings. The van der Waals surface area contributed by atoms with Crippen molar-refractivity contribution in [1.82, 2.24) is 0 Å². The highest BCUT2D eigenvalue weighted by Gasteiger charge is 2.26. The second-order valence-electron chi connectivity index (χ2n) is 5.74. The molecule has 2 rings (SSSR count). The number of rotatable bonds is 5. The monoisotopic (exact) mass is 338 g/mol. The normalized spacial score (nSPS) is 18.2. The van der Waals surface area contributed by atoms with Crippen LogP contribution in [0, 0.1) is 5.92 Å². The van der Waals surface area contributed by atoms with Crippen LogP contribution in [0.5, 0.6) is 0 Å². The van der Waals surface area contributed by atoms with Gasteiger partial charge in [-0.15, -0.1) is 0 Å². The van der Waals surface area contributed by atoms with Gasteiger partial charge in [-0.2, -0.15) is 0 Å². The summed E-state index contributed by atoms with van der Waals surface area (Å²) in [5, 5.41) is 0. The summed E-state index contributed by atoms with van der Waals surface area (Å²) in [7, 11) is 0. The van der Waals surface area contributed by atoms with Crippen molar-refractivity contribution < 1.29 is 4.74 Å². The molecule has 0 N–H and O–H groups in total. The van der Waals surface area contributed by atoms with Crippen molar-refractivity contribution in [3.8, 4) is 0 Å². The van der Waals surface area contributed by atoms with Gasteiger partial charge < -0.3 is 4.74 Å². The predicted octanol–water partition coefficient (Wildman–Crippen LogP) is 5.24. The zero-order valence-corrected chi connectivity index (χ0v) is 14.6. The smallest absolute Gasteiger partial charge is 0.0469 e. The Morgan fingerprint density at radius 1 is 1.05 bits per heavy atom. The van der Waals surface area contributed by atoms with E-state index in [1.807, 2.05) is 0 Å². The molecule has 1 saturated heterocycles. The Labute approximate surface area is 132 Å². The Bertz CT molecular complexity index is 410. The minimum Gasteiger partial charge on any atom is -0.381 e. The molecule has 1 aliphatic heterocycles. The van der Waals surface area contributed by atoms with Crippen molar-refractivity contribution in [1.29, 1.82) is 0 Å². The van der Waals surface area contributed by atoms with E-state index in [-0.39, 0.29) is 0 Å². The fourth-order valence-corrected chi connectivity index (χ4v) is 4.36. The standard InChI is InChI=1S/C18H27BrO/c1-4-13-11-14(5-2)17(15(6-3)12-13)18(19)16-7-9-20-10-8-16/h11-12,16,18H,4-10H2,1-3H3. The summed E-state index contributed by atoms with van der Waals surface area (Å²) in [6.45, 7) is 8.65. The molecule has 0 radical (unpaired) electrons. The summed E-state index contributed by atoms with van der Waals surface area (Å²) in [6.07, 6.45) is 5.74. The summed E-state index contributed by atoms with van der Waals surface area (Å²) >= 11 is 4.02. The molecule has 0 aromatic heterocycles. The summed E-state index contributed by atoms with van der Waals surface area (Å²) in [5.41, 5.74) is 6.12. The van der Waals surface area contributed by atoms with Crippen molar-refractivity contribution in [3.05, 3.63) is 34.4 Å². The SMILES string of the molecule is CCc1cc(CC)c(C(Br)C2CCOCC2)c(CC)c1. The summed E-state index contributed by atoms with van der Waals surface area (Å²) in [4.78, 5) is 0.488. The minimum absolute atomic E-state index is 0.488. The van der Waals surface area contributed by atoms with Gasteiger partial charge in [-0.05, 0) is 60.3 Å². The third-order valence-corrected chi connectivity index (χ3v) is 5.74. The number of hydrogen-bond acceptors (Lipinski definition) is 1. The van der Waals surface area contributed by atoms with Crippen molar-refractivity contribution in [2.45, 2.75) is 57.7 Å². The van der Waals surface area contributed by atoms with Crippen LogP contribution in [0.1, 0.15) is 60.7 Å². The number of aryl methyl sites for hydroxylation is 3. The molecular formula is C18H27BrO. The van der Waals surface area contributed by atoms with Crippen molar-refractivity contribution in [2.24, 2.45) is 5.92 Å². The molecule has 1 atom stereocenters. The summed E-state index contributed by atoms with van der Waals surface area (Å²) in [5.74, 6) is 0.715.